The number of nitriles is 1. The highest BCUT2D eigenvalue weighted by atomic mass is 79.9. The summed E-state index contributed by atoms with van der Waals surface area (Å²) in [6, 6.07) is 16.5. The number of pyridine rings is 1. The van der Waals surface area contributed by atoms with E-state index < -0.39 is 6.10 Å². The summed E-state index contributed by atoms with van der Waals surface area (Å²) in [4.78, 5) is 16.1. The molecule has 4 rings (SSSR count). The Morgan fingerprint density at radius 3 is 2.75 bits per heavy atom. The first-order valence-corrected chi connectivity index (χ1v) is 9.51. The second-order valence-corrected chi connectivity index (χ2v) is 7.16. The number of Topliss-reactive ketones (excluding diaryl/α,β-unsaturated/α-hetero) is 1. The number of hydrogen-bond donors (Lipinski definition) is 0. The normalized spacial score (nSPS) is 13.8. The van der Waals surface area contributed by atoms with Crippen LogP contribution in [-0.2, 0) is 0 Å². The summed E-state index contributed by atoms with van der Waals surface area (Å²) in [7, 11) is 0. The molecule has 0 saturated heterocycles. The number of ether oxygens (including phenoxy) is 2. The third-order valence-corrected chi connectivity index (χ3v) is 5.19. The Morgan fingerprint density at radius 2 is 2.00 bits per heavy atom. The third-order valence-electron chi connectivity index (χ3n) is 4.52. The van der Waals surface area contributed by atoms with E-state index in [1.54, 1.807) is 42.7 Å². The zero-order chi connectivity index (χ0) is 19.5. The topological polar surface area (TPSA) is 72.2 Å². The summed E-state index contributed by atoms with van der Waals surface area (Å²) in [6.07, 6.45) is 3.38. The van der Waals surface area contributed by atoms with Gasteiger partial charge < -0.3 is 9.47 Å². The summed E-state index contributed by atoms with van der Waals surface area (Å²) in [5.41, 5.74) is 2.95. The maximum absolute atomic E-state index is 12.0. The number of nitrogens with zero attached hydrogens (tertiary/aromatic N) is 2. The van der Waals surface area contributed by atoms with E-state index in [4.69, 9.17) is 14.7 Å². The molecule has 28 heavy (non-hydrogen) atoms. The number of aromatic nitrogens is 1. The Bertz CT molecular complexity index is 1070. The van der Waals surface area contributed by atoms with Gasteiger partial charge in [0.2, 0.25) is 0 Å². The lowest BCUT2D eigenvalue weighted by Gasteiger charge is -2.23. The zero-order valence-electron chi connectivity index (χ0n) is 14.8. The van der Waals surface area contributed by atoms with E-state index in [0.717, 1.165) is 15.6 Å². The van der Waals surface area contributed by atoms with Gasteiger partial charge >= 0.3 is 0 Å². The Hall–Kier alpha value is -3.17. The van der Waals surface area contributed by atoms with E-state index in [-0.39, 0.29) is 5.78 Å². The molecular formula is C22H15BrN2O3. The standard InChI is InChI=1S/C22H15BrN2O3/c23-19-13-25-9-7-17(19)22(15-3-1-14(12-24)2-4-15)28-16-5-6-18-20(26)8-10-27-21(18)11-16/h1-7,9,11,13,22H,8,10H2. The van der Waals surface area contributed by atoms with E-state index in [1.165, 1.54) is 0 Å². The molecule has 138 valence electrons. The van der Waals surface area contributed by atoms with Crippen molar-refractivity contribution in [1.29, 1.82) is 5.26 Å². The highest BCUT2D eigenvalue weighted by molar-refractivity contribution is 9.10. The van der Waals surface area contributed by atoms with Gasteiger partial charge in [0.25, 0.3) is 0 Å². The van der Waals surface area contributed by atoms with Crippen molar-refractivity contribution in [3.8, 4) is 17.6 Å². The molecule has 0 radical (unpaired) electrons. The predicted octanol–water partition coefficient (Wildman–Crippen LogP) is 4.85. The van der Waals surface area contributed by atoms with Crippen LogP contribution in [0.25, 0.3) is 0 Å². The van der Waals surface area contributed by atoms with Crippen LogP contribution in [0.4, 0.5) is 0 Å². The number of ketones is 1. The average molecular weight is 435 g/mol. The lowest BCUT2D eigenvalue weighted by molar-refractivity contribution is 0.0933. The summed E-state index contributed by atoms with van der Waals surface area (Å²) >= 11 is 3.54. The highest BCUT2D eigenvalue weighted by Gasteiger charge is 2.22. The molecule has 1 aliphatic heterocycles. The van der Waals surface area contributed by atoms with Gasteiger partial charge in [0.15, 0.2) is 11.9 Å². The maximum Gasteiger partial charge on any atom is 0.169 e. The second kappa shape index (κ2) is 7.83. The van der Waals surface area contributed by atoms with Crippen LogP contribution in [0.3, 0.4) is 0 Å². The number of carbonyl (C=O) groups excluding carboxylic acids is 1. The monoisotopic (exact) mass is 434 g/mol. The van der Waals surface area contributed by atoms with Crippen LogP contribution in [0, 0.1) is 11.3 Å². The first-order chi connectivity index (χ1) is 13.7. The minimum absolute atomic E-state index is 0.0771. The molecule has 0 aliphatic carbocycles. The largest absolute Gasteiger partial charge is 0.492 e. The van der Waals surface area contributed by atoms with Crippen molar-refractivity contribution in [2.45, 2.75) is 12.5 Å². The van der Waals surface area contributed by atoms with Crippen molar-refractivity contribution in [3.63, 3.8) is 0 Å². The van der Waals surface area contributed by atoms with Crippen LogP contribution >= 0.6 is 15.9 Å². The average Bonchev–Trinajstić information content (AvgIpc) is 2.73. The molecule has 0 spiro atoms. The fourth-order valence-electron chi connectivity index (χ4n) is 3.09. The van der Waals surface area contributed by atoms with Gasteiger partial charge in [-0.1, -0.05) is 12.1 Å². The number of carbonyl (C=O) groups is 1. The number of rotatable bonds is 4. The van der Waals surface area contributed by atoms with Crippen molar-refractivity contribution < 1.29 is 14.3 Å². The van der Waals surface area contributed by atoms with Crippen LogP contribution in [0.15, 0.2) is 65.4 Å². The lowest BCUT2D eigenvalue weighted by atomic mass is 10.0. The Labute approximate surface area is 170 Å². The van der Waals surface area contributed by atoms with Gasteiger partial charge in [-0.25, -0.2) is 0 Å². The summed E-state index contributed by atoms with van der Waals surface area (Å²) < 4.78 is 12.7. The first-order valence-electron chi connectivity index (χ1n) is 8.72. The van der Waals surface area contributed by atoms with Gasteiger partial charge in [0.05, 0.1) is 23.8 Å². The molecule has 0 bridgehead atoms. The molecule has 1 unspecified atom stereocenters. The number of halogens is 1. The minimum atomic E-state index is -0.428. The van der Waals surface area contributed by atoms with Gasteiger partial charge in [-0.2, -0.15) is 5.26 Å². The van der Waals surface area contributed by atoms with E-state index >= 15 is 0 Å². The van der Waals surface area contributed by atoms with Gasteiger partial charge in [0.1, 0.15) is 11.5 Å². The van der Waals surface area contributed by atoms with Crippen LogP contribution in [0.2, 0.25) is 0 Å². The van der Waals surface area contributed by atoms with Crippen LogP contribution in [0.1, 0.15) is 39.6 Å². The highest BCUT2D eigenvalue weighted by Crippen LogP contribution is 2.35. The molecular weight excluding hydrogens is 420 g/mol. The maximum atomic E-state index is 12.0. The second-order valence-electron chi connectivity index (χ2n) is 6.31. The van der Waals surface area contributed by atoms with Gasteiger partial charge in [-0.3, -0.25) is 9.78 Å². The number of fused-ring (bicyclic) bond motifs is 1. The summed E-state index contributed by atoms with van der Waals surface area (Å²) in [5, 5.41) is 9.06. The molecule has 1 aromatic heterocycles. The lowest BCUT2D eigenvalue weighted by Crippen LogP contribution is -2.16. The smallest absolute Gasteiger partial charge is 0.169 e. The Kier molecular flexibility index (Phi) is 5.09. The van der Waals surface area contributed by atoms with Gasteiger partial charge in [-0.15, -0.1) is 0 Å². The molecule has 0 saturated carbocycles. The fraction of sp³-hybridized carbons (Fsp3) is 0.136. The van der Waals surface area contributed by atoms with E-state index in [1.807, 2.05) is 18.2 Å². The molecule has 2 aromatic carbocycles. The summed E-state index contributed by atoms with van der Waals surface area (Å²) in [5.74, 6) is 1.21. The molecule has 5 nitrogen and oxygen atoms in total. The predicted molar refractivity (Wildman–Crippen MR) is 106 cm³/mol. The van der Waals surface area contributed by atoms with Gasteiger partial charge in [-0.05, 0) is 51.8 Å². The molecule has 0 N–H and O–H groups in total. The zero-order valence-corrected chi connectivity index (χ0v) is 16.3. The fourth-order valence-corrected chi connectivity index (χ4v) is 3.55. The minimum Gasteiger partial charge on any atom is -0.492 e. The Morgan fingerprint density at radius 1 is 1.18 bits per heavy atom. The van der Waals surface area contributed by atoms with E-state index in [0.29, 0.717) is 35.7 Å². The summed E-state index contributed by atoms with van der Waals surface area (Å²) in [6.45, 7) is 0.379. The molecule has 0 fully saturated rings. The number of benzene rings is 2. The van der Waals surface area contributed by atoms with E-state index in [2.05, 4.69) is 27.0 Å². The molecule has 6 heteroatoms. The van der Waals surface area contributed by atoms with E-state index in [9.17, 15) is 4.79 Å². The van der Waals surface area contributed by atoms with Crippen molar-refractivity contribution in [3.05, 3.63) is 87.7 Å². The van der Waals surface area contributed by atoms with Crippen molar-refractivity contribution in [1.82, 2.24) is 4.98 Å². The van der Waals surface area contributed by atoms with Crippen LogP contribution < -0.4 is 9.47 Å². The molecule has 2 heterocycles. The van der Waals surface area contributed by atoms with Crippen LogP contribution in [0.5, 0.6) is 11.5 Å². The SMILES string of the molecule is N#Cc1ccc(C(Oc2ccc3c(c2)OCCC3=O)c2ccncc2Br)cc1. The van der Waals surface area contributed by atoms with Crippen molar-refractivity contribution in [2.75, 3.05) is 6.61 Å². The Balaban J connectivity index is 1.73. The van der Waals surface area contributed by atoms with Crippen molar-refractivity contribution in [2.24, 2.45) is 0 Å². The molecule has 3 aromatic rings. The molecule has 0 amide bonds. The van der Waals surface area contributed by atoms with Crippen molar-refractivity contribution >= 4 is 21.7 Å². The first kappa shape index (κ1) is 18.2. The third kappa shape index (κ3) is 3.62. The quantitative estimate of drug-likeness (QED) is 0.586. The molecule has 1 atom stereocenters. The molecule has 1 aliphatic rings. The van der Waals surface area contributed by atoms with Gasteiger partial charge in [0, 0.05) is 34.9 Å². The number of hydrogen-bond acceptors (Lipinski definition) is 5. The van der Waals surface area contributed by atoms with Crippen LogP contribution in [-0.4, -0.2) is 17.4 Å².